The molecule has 0 aliphatic rings. The normalized spacial score (nSPS) is 12.0. The number of benzene rings is 1. The number of hydrogen-bond acceptors (Lipinski definition) is 6. The summed E-state index contributed by atoms with van der Waals surface area (Å²) in [4.78, 5) is 16.6. The monoisotopic (exact) mass is 292 g/mol. The minimum atomic E-state index is -0.174. The van der Waals surface area contributed by atoms with E-state index in [2.05, 4.69) is 4.98 Å². The van der Waals surface area contributed by atoms with Crippen LogP contribution in [0.3, 0.4) is 0 Å². The summed E-state index contributed by atoms with van der Waals surface area (Å²) < 4.78 is 10.3. The van der Waals surface area contributed by atoms with Gasteiger partial charge in [-0.15, -0.1) is 11.3 Å². The van der Waals surface area contributed by atoms with Crippen LogP contribution < -0.4 is 15.2 Å². The second kappa shape index (κ2) is 6.02. The minimum absolute atomic E-state index is 0.158. The van der Waals surface area contributed by atoms with E-state index in [4.69, 9.17) is 15.2 Å². The van der Waals surface area contributed by atoms with Crippen molar-refractivity contribution in [3.8, 4) is 11.5 Å². The van der Waals surface area contributed by atoms with Crippen LogP contribution in [0.4, 0.5) is 0 Å². The molecule has 6 heteroatoms. The number of ketones is 1. The van der Waals surface area contributed by atoms with Crippen molar-refractivity contribution >= 4 is 17.1 Å². The number of carbonyl (C=O) groups excluding carboxylic acids is 1. The Morgan fingerprint density at radius 2 is 2.00 bits per heavy atom. The van der Waals surface area contributed by atoms with Crippen LogP contribution in [0.15, 0.2) is 23.6 Å². The summed E-state index contributed by atoms with van der Waals surface area (Å²) in [6.07, 6.45) is 0. The van der Waals surface area contributed by atoms with Crippen LogP contribution in [-0.2, 0) is 0 Å². The predicted octanol–water partition coefficient (Wildman–Crippen LogP) is 2.41. The highest BCUT2D eigenvalue weighted by Gasteiger charge is 2.16. The molecule has 0 saturated carbocycles. The number of hydrogen-bond donors (Lipinski definition) is 1. The number of nitrogens with zero attached hydrogens (tertiary/aromatic N) is 1. The van der Waals surface area contributed by atoms with Gasteiger partial charge >= 0.3 is 0 Å². The van der Waals surface area contributed by atoms with Crippen molar-refractivity contribution in [1.29, 1.82) is 0 Å². The maximum absolute atomic E-state index is 12.4. The fourth-order valence-corrected chi connectivity index (χ4v) is 2.48. The Balaban J connectivity index is 2.32. The molecule has 1 aromatic carbocycles. The van der Waals surface area contributed by atoms with Gasteiger partial charge in [0, 0.05) is 10.9 Å². The fourth-order valence-electron chi connectivity index (χ4n) is 1.73. The van der Waals surface area contributed by atoms with Crippen LogP contribution in [0, 0.1) is 0 Å². The average molecular weight is 292 g/mol. The van der Waals surface area contributed by atoms with Gasteiger partial charge in [0.1, 0.15) is 10.7 Å². The van der Waals surface area contributed by atoms with Gasteiger partial charge in [-0.25, -0.2) is 4.98 Å². The van der Waals surface area contributed by atoms with Crippen LogP contribution in [0.1, 0.15) is 34.0 Å². The molecule has 1 aromatic heterocycles. The van der Waals surface area contributed by atoms with Crippen molar-refractivity contribution in [2.45, 2.75) is 13.0 Å². The standard InChI is InChI=1S/C14H16N2O3S/c1-8(15)14-16-10(7-20-14)13(17)9-4-5-11(18-2)12(6-9)19-3/h4-8H,15H2,1-3H3. The highest BCUT2D eigenvalue weighted by Crippen LogP contribution is 2.28. The summed E-state index contributed by atoms with van der Waals surface area (Å²) in [5.74, 6) is 0.939. The molecule has 0 aliphatic heterocycles. The van der Waals surface area contributed by atoms with Crippen molar-refractivity contribution in [3.63, 3.8) is 0 Å². The van der Waals surface area contributed by atoms with E-state index in [0.717, 1.165) is 5.01 Å². The molecule has 0 spiro atoms. The molecular weight excluding hydrogens is 276 g/mol. The lowest BCUT2D eigenvalue weighted by Crippen LogP contribution is -2.07. The van der Waals surface area contributed by atoms with Crippen molar-refractivity contribution in [2.75, 3.05) is 14.2 Å². The summed E-state index contributed by atoms with van der Waals surface area (Å²) in [5, 5.41) is 2.46. The molecule has 0 amide bonds. The van der Waals surface area contributed by atoms with E-state index in [1.807, 2.05) is 6.92 Å². The number of carbonyl (C=O) groups is 1. The number of nitrogens with two attached hydrogens (primary N) is 1. The Kier molecular flexibility index (Phi) is 4.36. The second-order valence-electron chi connectivity index (χ2n) is 4.26. The van der Waals surface area contributed by atoms with Gasteiger partial charge < -0.3 is 15.2 Å². The van der Waals surface area contributed by atoms with E-state index in [9.17, 15) is 4.79 Å². The first-order valence-electron chi connectivity index (χ1n) is 6.04. The first kappa shape index (κ1) is 14.5. The first-order chi connectivity index (χ1) is 9.56. The molecule has 5 nitrogen and oxygen atoms in total. The highest BCUT2D eigenvalue weighted by atomic mass is 32.1. The van der Waals surface area contributed by atoms with Gasteiger partial charge in [-0.3, -0.25) is 4.79 Å². The maximum atomic E-state index is 12.4. The van der Waals surface area contributed by atoms with Crippen LogP contribution in [0.2, 0.25) is 0 Å². The summed E-state index contributed by atoms with van der Waals surface area (Å²) in [6.45, 7) is 1.84. The molecule has 106 valence electrons. The molecule has 2 aromatic rings. The van der Waals surface area contributed by atoms with Crippen molar-refractivity contribution < 1.29 is 14.3 Å². The van der Waals surface area contributed by atoms with Crippen LogP contribution in [0.25, 0.3) is 0 Å². The molecule has 1 unspecified atom stereocenters. The zero-order valence-corrected chi connectivity index (χ0v) is 12.4. The number of ether oxygens (including phenoxy) is 2. The molecule has 2 N–H and O–H groups in total. The summed E-state index contributed by atoms with van der Waals surface area (Å²) in [7, 11) is 3.08. The minimum Gasteiger partial charge on any atom is -0.493 e. The van der Waals surface area contributed by atoms with E-state index >= 15 is 0 Å². The summed E-state index contributed by atoms with van der Waals surface area (Å²) >= 11 is 1.39. The largest absolute Gasteiger partial charge is 0.493 e. The molecule has 0 radical (unpaired) electrons. The Labute approximate surface area is 121 Å². The number of aromatic nitrogens is 1. The van der Waals surface area contributed by atoms with Gasteiger partial charge in [0.25, 0.3) is 0 Å². The van der Waals surface area contributed by atoms with E-state index in [1.165, 1.54) is 18.4 Å². The highest BCUT2D eigenvalue weighted by molar-refractivity contribution is 7.09. The molecule has 1 heterocycles. The summed E-state index contributed by atoms with van der Waals surface area (Å²) in [5.41, 5.74) is 6.65. The smallest absolute Gasteiger partial charge is 0.212 e. The molecule has 1 atom stereocenters. The molecule has 0 bridgehead atoms. The topological polar surface area (TPSA) is 74.4 Å². The fraction of sp³-hybridized carbons (Fsp3) is 0.286. The third-order valence-electron chi connectivity index (χ3n) is 2.79. The van der Waals surface area contributed by atoms with Crippen molar-refractivity contribution in [3.05, 3.63) is 39.8 Å². The van der Waals surface area contributed by atoms with E-state index in [-0.39, 0.29) is 11.8 Å². The van der Waals surface area contributed by atoms with E-state index in [1.54, 1.807) is 30.7 Å². The lowest BCUT2D eigenvalue weighted by molar-refractivity contribution is 0.103. The van der Waals surface area contributed by atoms with Crippen LogP contribution >= 0.6 is 11.3 Å². The zero-order valence-electron chi connectivity index (χ0n) is 11.5. The lowest BCUT2D eigenvalue weighted by Gasteiger charge is -2.08. The molecule has 20 heavy (non-hydrogen) atoms. The van der Waals surface area contributed by atoms with Gasteiger partial charge in [-0.1, -0.05) is 0 Å². The third-order valence-corrected chi connectivity index (χ3v) is 3.84. The number of thiazole rings is 1. The lowest BCUT2D eigenvalue weighted by atomic mass is 10.1. The average Bonchev–Trinajstić information content (AvgIpc) is 2.95. The van der Waals surface area contributed by atoms with Gasteiger partial charge in [0.05, 0.1) is 20.3 Å². The predicted molar refractivity (Wildman–Crippen MR) is 77.7 cm³/mol. The molecule has 0 saturated heterocycles. The number of rotatable bonds is 5. The Morgan fingerprint density at radius 1 is 1.30 bits per heavy atom. The van der Waals surface area contributed by atoms with Crippen molar-refractivity contribution in [1.82, 2.24) is 4.98 Å². The molecular formula is C14H16N2O3S. The zero-order chi connectivity index (χ0) is 14.7. The second-order valence-corrected chi connectivity index (χ2v) is 5.15. The van der Waals surface area contributed by atoms with Gasteiger partial charge in [0.15, 0.2) is 11.5 Å². The van der Waals surface area contributed by atoms with Crippen molar-refractivity contribution in [2.24, 2.45) is 5.73 Å². The first-order valence-corrected chi connectivity index (χ1v) is 6.92. The van der Waals surface area contributed by atoms with E-state index in [0.29, 0.717) is 22.8 Å². The van der Waals surface area contributed by atoms with Gasteiger partial charge in [-0.2, -0.15) is 0 Å². The Hall–Kier alpha value is -1.92. The maximum Gasteiger partial charge on any atom is 0.212 e. The Morgan fingerprint density at radius 3 is 2.55 bits per heavy atom. The quantitative estimate of drug-likeness (QED) is 0.857. The van der Waals surface area contributed by atoms with Gasteiger partial charge in [0.2, 0.25) is 5.78 Å². The Bertz CT molecular complexity index is 623. The third kappa shape index (κ3) is 2.81. The van der Waals surface area contributed by atoms with Crippen LogP contribution in [0.5, 0.6) is 11.5 Å². The SMILES string of the molecule is COc1ccc(C(=O)c2csc(C(C)N)n2)cc1OC. The number of methoxy groups -OCH3 is 2. The molecule has 0 fully saturated rings. The van der Waals surface area contributed by atoms with Gasteiger partial charge in [-0.05, 0) is 25.1 Å². The molecule has 2 rings (SSSR count). The summed E-state index contributed by atoms with van der Waals surface area (Å²) in [6, 6.07) is 4.86. The van der Waals surface area contributed by atoms with E-state index < -0.39 is 0 Å². The molecule has 0 aliphatic carbocycles. The van der Waals surface area contributed by atoms with Crippen LogP contribution in [-0.4, -0.2) is 25.0 Å².